The van der Waals surface area contributed by atoms with E-state index in [-0.39, 0.29) is 10.5 Å². The summed E-state index contributed by atoms with van der Waals surface area (Å²) >= 11 is 0. The number of amides is 1. The molecule has 0 radical (unpaired) electrons. The molecule has 1 aromatic heterocycles. The number of rotatable bonds is 7. The number of hydrazone groups is 1. The molecule has 0 fully saturated rings. The van der Waals surface area contributed by atoms with Crippen molar-refractivity contribution < 1.29 is 22.4 Å². The highest BCUT2D eigenvalue weighted by Gasteiger charge is 2.18. The number of para-hydroxylation sites is 2. The van der Waals surface area contributed by atoms with Crippen LogP contribution in [0.5, 0.6) is 5.75 Å². The molecule has 2 N–H and O–H groups in total. The lowest BCUT2D eigenvalue weighted by atomic mass is 10.2. The summed E-state index contributed by atoms with van der Waals surface area (Å²) in [5.41, 5.74) is 3.30. The third kappa shape index (κ3) is 4.82. The van der Waals surface area contributed by atoms with Gasteiger partial charge >= 0.3 is 0 Å². The maximum absolute atomic E-state index is 12.7. The van der Waals surface area contributed by atoms with E-state index in [4.69, 9.17) is 9.15 Å². The lowest BCUT2D eigenvalue weighted by Gasteiger charge is -2.12. The number of anilines is 1. The molecule has 3 rings (SSSR count). The summed E-state index contributed by atoms with van der Waals surface area (Å²) in [6.07, 6.45) is 1.50. The molecule has 1 heterocycles. The second-order valence-corrected chi connectivity index (χ2v) is 7.63. The van der Waals surface area contributed by atoms with Gasteiger partial charge in [-0.15, -0.1) is 0 Å². The van der Waals surface area contributed by atoms with Crippen LogP contribution in [0.2, 0.25) is 0 Å². The van der Waals surface area contributed by atoms with Gasteiger partial charge in [-0.1, -0.05) is 18.2 Å². The molecular weight excluding hydrogens is 394 g/mol. The van der Waals surface area contributed by atoms with Gasteiger partial charge in [0.05, 0.1) is 24.0 Å². The van der Waals surface area contributed by atoms with E-state index in [1.54, 1.807) is 43.3 Å². The molecule has 3 aromatic rings. The van der Waals surface area contributed by atoms with Gasteiger partial charge in [0.15, 0.2) is 0 Å². The van der Waals surface area contributed by atoms with E-state index in [2.05, 4.69) is 15.2 Å². The Morgan fingerprint density at radius 3 is 2.59 bits per heavy atom. The van der Waals surface area contributed by atoms with Crippen LogP contribution in [0.3, 0.4) is 0 Å². The third-order valence-electron chi connectivity index (χ3n) is 3.96. The topological polar surface area (TPSA) is 110 Å². The van der Waals surface area contributed by atoms with Crippen LogP contribution >= 0.6 is 0 Å². The predicted octanol–water partition coefficient (Wildman–Crippen LogP) is 3.24. The molecule has 9 heteroatoms. The quantitative estimate of drug-likeness (QED) is 0.456. The van der Waals surface area contributed by atoms with Crippen LogP contribution < -0.4 is 14.9 Å². The molecule has 1 amide bonds. The average Bonchev–Trinajstić information content (AvgIpc) is 3.27. The minimum Gasteiger partial charge on any atom is -0.495 e. The molecule has 0 atom stereocenters. The van der Waals surface area contributed by atoms with Crippen LogP contribution in [-0.4, -0.2) is 27.1 Å². The van der Waals surface area contributed by atoms with Crippen molar-refractivity contribution >= 4 is 27.3 Å². The fourth-order valence-corrected chi connectivity index (χ4v) is 3.59. The van der Waals surface area contributed by atoms with Crippen molar-refractivity contribution in [2.24, 2.45) is 5.10 Å². The Morgan fingerprint density at radius 1 is 1.07 bits per heavy atom. The van der Waals surface area contributed by atoms with Crippen LogP contribution in [0, 0.1) is 0 Å². The Balaban J connectivity index is 1.79. The molecule has 0 unspecified atom stereocenters. The van der Waals surface area contributed by atoms with E-state index in [0.29, 0.717) is 22.9 Å². The Hall–Kier alpha value is -3.59. The standard InChI is InChI=1S/C20H19N3O5S/c1-14(18-11-6-12-28-18)21-22-20(24)15-7-5-8-16(13-15)29(25,26)23-17-9-3-4-10-19(17)27-2/h3-13,23H,1-2H3,(H,22,24)/b21-14-. The number of nitrogens with zero attached hydrogens (tertiary/aromatic N) is 1. The third-order valence-corrected chi connectivity index (χ3v) is 5.32. The number of carbonyl (C=O) groups excluding carboxylic acids is 1. The molecule has 0 aliphatic rings. The summed E-state index contributed by atoms with van der Waals surface area (Å²) in [7, 11) is -2.48. The van der Waals surface area contributed by atoms with Gasteiger partial charge in [0.25, 0.3) is 15.9 Å². The van der Waals surface area contributed by atoms with Crippen LogP contribution in [0.4, 0.5) is 5.69 Å². The van der Waals surface area contributed by atoms with Gasteiger partial charge in [0.2, 0.25) is 0 Å². The molecule has 0 bridgehead atoms. The first-order valence-corrected chi connectivity index (χ1v) is 10.0. The number of hydrogen-bond acceptors (Lipinski definition) is 6. The number of methoxy groups -OCH3 is 1. The molecule has 29 heavy (non-hydrogen) atoms. The van der Waals surface area contributed by atoms with Crippen LogP contribution in [0.25, 0.3) is 0 Å². The summed E-state index contributed by atoms with van der Waals surface area (Å²) in [4.78, 5) is 12.3. The number of sulfonamides is 1. The van der Waals surface area contributed by atoms with Gasteiger partial charge in [-0.2, -0.15) is 5.10 Å². The molecule has 0 spiro atoms. The molecular formula is C20H19N3O5S. The smallest absolute Gasteiger partial charge is 0.271 e. The highest BCUT2D eigenvalue weighted by atomic mass is 32.2. The molecule has 0 aliphatic carbocycles. The predicted molar refractivity (Wildman–Crippen MR) is 109 cm³/mol. The first-order chi connectivity index (χ1) is 13.9. The summed E-state index contributed by atoms with van der Waals surface area (Å²) in [5, 5.41) is 3.97. The van der Waals surface area contributed by atoms with Crippen molar-refractivity contribution in [1.82, 2.24) is 5.43 Å². The molecule has 8 nitrogen and oxygen atoms in total. The van der Waals surface area contributed by atoms with Gasteiger partial charge in [-0.3, -0.25) is 9.52 Å². The Kier molecular flexibility index (Phi) is 5.99. The van der Waals surface area contributed by atoms with E-state index in [1.807, 2.05) is 0 Å². The molecule has 0 saturated heterocycles. The van der Waals surface area contributed by atoms with Crippen molar-refractivity contribution in [1.29, 1.82) is 0 Å². The van der Waals surface area contributed by atoms with E-state index < -0.39 is 15.9 Å². The zero-order valence-corrected chi connectivity index (χ0v) is 16.6. The van der Waals surface area contributed by atoms with Crippen molar-refractivity contribution in [3.63, 3.8) is 0 Å². The number of nitrogens with one attached hydrogen (secondary N) is 2. The fraction of sp³-hybridized carbons (Fsp3) is 0.100. The average molecular weight is 413 g/mol. The van der Waals surface area contributed by atoms with Crippen LogP contribution in [0.15, 0.2) is 81.3 Å². The SMILES string of the molecule is COc1ccccc1NS(=O)(=O)c1cccc(C(=O)N/N=C(/C)c2ccco2)c1. The highest BCUT2D eigenvalue weighted by molar-refractivity contribution is 7.92. The van der Waals surface area contributed by atoms with Crippen molar-refractivity contribution in [3.8, 4) is 5.75 Å². The summed E-state index contributed by atoms with van der Waals surface area (Å²) < 4.78 is 38.3. The number of carbonyl (C=O) groups is 1. The summed E-state index contributed by atoms with van der Waals surface area (Å²) in [6.45, 7) is 1.68. The van der Waals surface area contributed by atoms with Gasteiger partial charge < -0.3 is 9.15 Å². The van der Waals surface area contributed by atoms with Crippen molar-refractivity contribution in [2.75, 3.05) is 11.8 Å². The lowest BCUT2D eigenvalue weighted by molar-refractivity contribution is 0.0954. The highest BCUT2D eigenvalue weighted by Crippen LogP contribution is 2.26. The van der Waals surface area contributed by atoms with Crippen molar-refractivity contribution in [3.05, 3.63) is 78.3 Å². The summed E-state index contributed by atoms with van der Waals surface area (Å²) in [6, 6.07) is 15.7. The maximum Gasteiger partial charge on any atom is 0.271 e. The van der Waals surface area contributed by atoms with Crippen LogP contribution in [0.1, 0.15) is 23.0 Å². The van der Waals surface area contributed by atoms with Crippen LogP contribution in [-0.2, 0) is 10.0 Å². The molecule has 150 valence electrons. The molecule has 0 saturated carbocycles. The maximum atomic E-state index is 12.7. The monoisotopic (exact) mass is 413 g/mol. The summed E-state index contributed by atoms with van der Waals surface area (Å²) in [5.74, 6) is 0.348. The Morgan fingerprint density at radius 2 is 1.86 bits per heavy atom. The fourth-order valence-electron chi connectivity index (χ4n) is 2.48. The Bertz CT molecular complexity index is 1140. The first-order valence-electron chi connectivity index (χ1n) is 8.55. The number of hydrogen-bond donors (Lipinski definition) is 2. The first kappa shape index (κ1) is 20.2. The second kappa shape index (κ2) is 8.61. The van der Waals surface area contributed by atoms with E-state index in [9.17, 15) is 13.2 Å². The normalized spacial score (nSPS) is 11.7. The van der Waals surface area contributed by atoms with E-state index in [0.717, 1.165) is 0 Å². The van der Waals surface area contributed by atoms with Gasteiger partial charge in [-0.05, 0) is 49.4 Å². The minimum absolute atomic E-state index is 0.0669. The molecule has 0 aliphatic heterocycles. The second-order valence-electron chi connectivity index (χ2n) is 5.95. The van der Waals surface area contributed by atoms with E-state index >= 15 is 0 Å². The van der Waals surface area contributed by atoms with Gasteiger partial charge in [0.1, 0.15) is 17.2 Å². The lowest BCUT2D eigenvalue weighted by Crippen LogP contribution is -2.20. The zero-order valence-electron chi connectivity index (χ0n) is 15.7. The molecule has 2 aromatic carbocycles. The van der Waals surface area contributed by atoms with E-state index in [1.165, 1.54) is 37.6 Å². The minimum atomic E-state index is -3.93. The number of ether oxygens (including phenoxy) is 1. The van der Waals surface area contributed by atoms with Gasteiger partial charge in [-0.25, -0.2) is 13.8 Å². The number of furan rings is 1. The van der Waals surface area contributed by atoms with Crippen molar-refractivity contribution in [2.45, 2.75) is 11.8 Å². The zero-order chi connectivity index (χ0) is 20.9. The van der Waals surface area contributed by atoms with Gasteiger partial charge in [0, 0.05) is 5.56 Å². The number of benzene rings is 2. The largest absolute Gasteiger partial charge is 0.495 e. The Labute approximate surface area is 168 Å².